The molecule has 1 nitrogen and oxygen atoms in total. The molecule has 348 valence electrons. The molecule has 5 heteroatoms. The number of nitrogens with zero attached hydrogens (tertiary/aromatic N) is 1. The zero-order chi connectivity index (χ0) is 48.7. The first-order valence-corrected chi connectivity index (χ1v) is 23.9. The van der Waals surface area contributed by atoms with Crippen molar-refractivity contribution in [1.82, 2.24) is 0 Å². The van der Waals surface area contributed by atoms with Crippen LogP contribution in [0.3, 0.4) is 0 Å². The predicted molar refractivity (Wildman–Crippen MR) is 282 cm³/mol. The van der Waals surface area contributed by atoms with Gasteiger partial charge in [0.1, 0.15) is 23.3 Å². The quantitative estimate of drug-likeness (QED) is 0.0704. The highest BCUT2D eigenvalue weighted by molar-refractivity contribution is 5.88. The summed E-state index contributed by atoms with van der Waals surface area (Å²) in [6, 6.07) is 36.6. The Morgan fingerprint density at radius 3 is 2.28 bits per heavy atom. The van der Waals surface area contributed by atoms with Crippen LogP contribution in [0.4, 0.5) is 23.2 Å². The van der Waals surface area contributed by atoms with Crippen LogP contribution in [0.5, 0.6) is 0 Å². The molecule has 69 heavy (non-hydrogen) atoms. The molecule has 0 bridgehead atoms. The number of fused-ring (bicyclic) bond motifs is 3. The van der Waals surface area contributed by atoms with E-state index in [4.69, 9.17) is 0 Å². The van der Waals surface area contributed by atoms with E-state index >= 15 is 8.78 Å². The molecule has 4 atom stereocenters. The Morgan fingerprint density at radius 2 is 1.57 bits per heavy atom. The molecule has 0 heterocycles. The van der Waals surface area contributed by atoms with Crippen LogP contribution in [0.15, 0.2) is 235 Å². The van der Waals surface area contributed by atoms with Crippen LogP contribution in [0, 0.1) is 17.6 Å². The third-order valence-corrected chi connectivity index (χ3v) is 14.1. The molecule has 0 fully saturated rings. The molecule has 0 saturated heterocycles. The summed E-state index contributed by atoms with van der Waals surface area (Å²) in [5, 5.41) is 0. The Kier molecular flexibility index (Phi) is 14.6. The lowest BCUT2D eigenvalue weighted by molar-refractivity contribution is 0.405. The van der Waals surface area contributed by atoms with E-state index in [0.717, 1.165) is 68.0 Å². The second-order valence-electron chi connectivity index (χ2n) is 18.0. The summed E-state index contributed by atoms with van der Waals surface area (Å²) in [6.07, 6.45) is 28.7. The summed E-state index contributed by atoms with van der Waals surface area (Å²) < 4.78 is 63.3. The lowest BCUT2D eigenvalue weighted by Gasteiger charge is -2.45. The van der Waals surface area contributed by atoms with E-state index in [1.807, 2.05) is 112 Å². The van der Waals surface area contributed by atoms with Gasteiger partial charge in [-0.2, -0.15) is 0 Å². The van der Waals surface area contributed by atoms with Crippen LogP contribution in [-0.4, -0.2) is 6.04 Å². The van der Waals surface area contributed by atoms with Gasteiger partial charge in [0.15, 0.2) is 0 Å². The van der Waals surface area contributed by atoms with Gasteiger partial charge in [0.05, 0.1) is 16.9 Å². The fourth-order valence-corrected chi connectivity index (χ4v) is 11.0. The van der Waals surface area contributed by atoms with Gasteiger partial charge in [0.2, 0.25) is 0 Å². The van der Waals surface area contributed by atoms with Crippen molar-refractivity contribution in [2.45, 2.75) is 70.3 Å². The predicted octanol–water partition coefficient (Wildman–Crippen LogP) is 17.7. The van der Waals surface area contributed by atoms with Crippen molar-refractivity contribution in [3.63, 3.8) is 0 Å². The van der Waals surface area contributed by atoms with Crippen LogP contribution in [-0.2, 0) is 10.8 Å². The van der Waals surface area contributed by atoms with Crippen LogP contribution in [0.25, 0.3) is 23.3 Å². The molecule has 0 aromatic heterocycles. The summed E-state index contributed by atoms with van der Waals surface area (Å²) in [4.78, 5) is 2.36. The minimum Gasteiger partial charge on any atom is -0.338 e. The Labute approximate surface area is 406 Å². The second-order valence-corrected chi connectivity index (χ2v) is 18.0. The molecule has 0 amide bonds. The van der Waals surface area contributed by atoms with E-state index in [1.165, 1.54) is 6.07 Å². The van der Waals surface area contributed by atoms with Crippen molar-refractivity contribution in [3.8, 4) is 11.1 Å². The Hall–Kier alpha value is -7.24. The maximum absolute atomic E-state index is 16.9. The fourth-order valence-electron chi connectivity index (χ4n) is 11.0. The third-order valence-electron chi connectivity index (χ3n) is 14.1. The van der Waals surface area contributed by atoms with Crippen molar-refractivity contribution in [3.05, 3.63) is 280 Å². The number of rotatable bonds is 16. The van der Waals surface area contributed by atoms with Gasteiger partial charge in [0.25, 0.3) is 0 Å². The first-order chi connectivity index (χ1) is 33.5. The fraction of sp³-hybridized carbons (Fsp3) is 0.188. The highest BCUT2D eigenvalue weighted by Gasteiger charge is 2.50. The van der Waals surface area contributed by atoms with Gasteiger partial charge in [0, 0.05) is 41.4 Å². The van der Waals surface area contributed by atoms with E-state index in [-0.39, 0.29) is 24.8 Å². The molecule has 0 aliphatic heterocycles. The Balaban J connectivity index is 1.37. The van der Waals surface area contributed by atoms with Gasteiger partial charge >= 0.3 is 0 Å². The monoisotopic (exact) mass is 917 g/mol. The average Bonchev–Trinajstić information content (AvgIpc) is 3.65. The van der Waals surface area contributed by atoms with Crippen LogP contribution >= 0.6 is 0 Å². The van der Waals surface area contributed by atoms with Crippen molar-refractivity contribution in [2.24, 2.45) is 5.92 Å². The zero-order valence-corrected chi connectivity index (χ0v) is 39.9. The third kappa shape index (κ3) is 8.99. The molecule has 0 N–H and O–H groups in total. The molecule has 5 aromatic carbocycles. The number of hydrogen-bond donors (Lipinski definition) is 0. The number of benzene rings is 5. The molecule has 0 radical (unpaired) electrons. The van der Waals surface area contributed by atoms with Crippen molar-refractivity contribution < 1.29 is 17.6 Å². The molecule has 0 saturated carbocycles. The van der Waals surface area contributed by atoms with Crippen molar-refractivity contribution in [2.75, 3.05) is 4.90 Å². The largest absolute Gasteiger partial charge is 0.338 e. The lowest BCUT2D eigenvalue weighted by Crippen LogP contribution is -2.42. The van der Waals surface area contributed by atoms with Gasteiger partial charge in [-0.3, -0.25) is 0 Å². The number of anilines is 1. The van der Waals surface area contributed by atoms with E-state index < -0.39 is 34.1 Å². The lowest BCUT2D eigenvalue weighted by atomic mass is 9.59. The number of hydrogen-bond acceptors (Lipinski definition) is 1. The van der Waals surface area contributed by atoms with Crippen LogP contribution < -0.4 is 4.90 Å². The average molecular weight is 918 g/mol. The number of halogens is 4. The topological polar surface area (TPSA) is 3.24 Å². The van der Waals surface area contributed by atoms with Gasteiger partial charge in [-0.1, -0.05) is 190 Å². The second kappa shape index (κ2) is 21.0. The number of allylic oxidation sites excluding steroid dienone is 17. The highest BCUT2D eigenvalue weighted by atomic mass is 19.1. The van der Waals surface area contributed by atoms with Crippen LogP contribution in [0.2, 0.25) is 0 Å². The summed E-state index contributed by atoms with van der Waals surface area (Å²) in [5.41, 5.74) is 8.68. The van der Waals surface area contributed by atoms with Gasteiger partial charge in [-0.05, 0) is 114 Å². The van der Waals surface area contributed by atoms with E-state index in [9.17, 15) is 8.78 Å². The van der Waals surface area contributed by atoms with Gasteiger partial charge in [-0.25, -0.2) is 17.6 Å². The van der Waals surface area contributed by atoms with Crippen molar-refractivity contribution in [1.29, 1.82) is 0 Å². The Bertz CT molecular complexity index is 3030. The van der Waals surface area contributed by atoms with E-state index in [0.29, 0.717) is 29.6 Å². The molecule has 3 aliphatic rings. The molecule has 4 unspecified atom stereocenters. The normalized spacial score (nSPS) is 19.5. The standard InChI is InChI=1S/C64H59F4N/c1-7-11-21-45(6)63(44(5)20-8-2,58-38-34-50(65)41-61(58)67)49-25-19-27-53(40-49)69(52(10-4)26-16-15-24-47-22-13-12-14-23-47)54-36-37-56-55-28-17-18-29-57(55)64(60(56)43-54,48-32-30-46(9-3)31-33-48)59-39-35-51(66)42-62(59)68/h7-9,11-34,36-38,41-43,49,52H,3,5,10,35,39-40H2,1-2,4,6H3/b11-7+,20-8-,24-15+,26-16+,45-21+. The molecule has 0 spiro atoms. The minimum absolute atomic E-state index is 0.0925. The van der Waals surface area contributed by atoms with Gasteiger partial charge in [-0.15, -0.1) is 0 Å². The highest BCUT2D eigenvalue weighted by Crippen LogP contribution is 2.60. The van der Waals surface area contributed by atoms with Crippen LogP contribution in [0.1, 0.15) is 86.8 Å². The molecule has 5 aromatic rings. The minimum atomic E-state index is -1.12. The first-order valence-electron chi connectivity index (χ1n) is 23.9. The summed E-state index contributed by atoms with van der Waals surface area (Å²) in [5.74, 6) is -2.72. The summed E-state index contributed by atoms with van der Waals surface area (Å²) >= 11 is 0. The van der Waals surface area contributed by atoms with E-state index in [1.54, 1.807) is 12.1 Å². The smallest absolute Gasteiger partial charge is 0.130 e. The van der Waals surface area contributed by atoms with Gasteiger partial charge < -0.3 is 4.90 Å². The van der Waals surface area contributed by atoms with E-state index in [2.05, 4.69) is 104 Å². The SMILES string of the molecule is C=Cc1ccc(C2(C3=C(F)C=C(F)CC3)c3ccccc3-c3ccc(N(C4=CC=CC(C(C(=C)/C=C\C)(/C(C)=C/C=C/C)c5ccc(F)cc5F)C4)C(/C=C/C=C/c4ccccc4)CC)cc32)cc1. The molecular formula is C64H59F4N. The first kappa shape index (κ1) is 48.2. The molecular weight excluding hydrogens is 859 g/mol. The maximum Gasteiger partial charge on any atom is 0.130 e. The summed E-state index contributed by atoms with van der Waals surface area (Å²) in [7, 11) is 0. The Morgan fingerprint density at radius 1 is 0.812 bits per heavy atom. The zero-order valence-electron chi connectivity index (χ0n) is 39.9. The maximum atomic E-state index is 16.9. The summed E-state index contributed by atoms with van der Waals surface area (Å²) in [6.45, 7) is 16.6. The van der Waals surface area contributed by atoms with Crippen molar-refractivity contribution >= 4 is 17.8 Å². The molecule has 3 aliphatic carbocycles. The molecule has 8 rings (SSSR count).